The first kappa shape index (κ1) is 13.4. The molecule has 84 valence electrons. The van der Waals surface area contributed by atoms with E-state index in [-0.39, 0.29) is 11.9 Å². The quantitative estimate of drug-likeness (QED) is 0.485. The van der Waals surface area contributed by atoms with E-state index >= 15 is 0 Å². The van der Waals surface area contributed by atoms with Crippen LogP contribution in [0.2, 0.25) is 0 Å². The Morgan fingerprint density at radius 2 is 1.64 bits per heavy atom. The normalized spacial score (nSPS) is 13.4. The van der Waals surface area contributed by atoms with Gasteiger partial charge in [0.1, 0.15) is 5.92 Å². The summed E-state index contributed by atoms with van der Waals surface area (Å²) in [7, 11) is 4.41. The van der Waals surface area contributed by atoms with Crippen LogP contribution in [-0.4, -0.2) is 33.6 Å². The van der Waals surface area contributed by atoms with Gasteiger partial charge in [-0.15, -0.1) is 0 Å². The number of ether oxygens (including phenoxy) is 3. The predicted octanol–water partition coefficient (Wildman–Crippen LogP) is 1.44. The molecule has 0 aliphatic rings. The molecule has 1 atom stereocenters. The molecule has 4 heteroatoms. The van der Waals surface area contributed by atoms with Crippen molar-refractivity contribution < 1.29 is 19.0 Å². The first-order valence-electron chi connectivity index (χ1n) is 4.70. The van der Waals surface area contributed by atoms with Crippen molar-refractivity contribution in [1.29, 1.82) is 0 Å². The van der Waals surface area contributed by atoms with Crippen LogP contribution >= 0.6 is 0 Å². The highest BCUT2D eigenvalue weighted by atomic mass is 16.7. The first-order chi connectivity index (χ1) is 6.56. The summed E-state index contributed by atoms with van der Waals surface area (Å²) < 4.78 is 14.8. The van der Waals surface area contributed by atoms with Crippen molar-refractivity contribution >= 4 is 5.97 Å². The number of hydrogen-bond acceptors (Lipinski definition) is 4. The minimum atomic E-state index is -0.523. The molecule has 0 aromatic heterocycles. The van der Waals surface area contributed by atoms with Crippen molar-refractivity contribution in [3.8, 4) is 0 Å². The third-order valence-electron chi connectivity index (χ3n) is 2.02. The van der Waals surface area contributed by atoms with Crippen molar-refractivity contribution in [2.24, 2.45) is 11.8 Å². The van der Waals surface area contributed by atoms with Crippen LogP contribution in [0.3, 0.4) is 0 Å². The highest BCUT2D eigenvalue weighted by molar-refractivity contribution is 5.72. The molecule has 0 aliphatic heterocycles. The van der Waals surface area contributed by atoms with Crippen LogP contribution in [0.4, 0.5) is 0 Å². The summed E-state index contributed by atoms with van der Waals surface area (Å²) in [6, 6.07) is 0. The zero-order valence-corrected chi connectivity index (χ0v) is 9.57. The summed E-state index contributed by atoms with van der Waals surface area (Å²) in [5, 5.41) is 0. The molecule has 1 unspecified atom stereocenters. The Kier molecular flexibility index (Phi) is 6.49. The van der Waals surface area contributed by atoms with Crippen molar-refractivity contribution in [2.45, 2.75) is 26.6 Å². The van der Waals surface area contributed by atoms with E-state index in [2.05, 4.69) is 0 Å². The van der Waals surface area contributed by atoms with E-state index in [0.717, 1.165) is 0 Å². The van der Waals surface area contributed by atoms with Gasteiger partial charge in [-0.05, 0) is 12.3 Å². The lowest BCUT2D eigenvalue weighted by Crippen LogP contribution is -2.33. The summed E-state index contributed by atoms with van der Waals surface area (Å²) in [4.78, 5) is 11.4. The number of esters is 1. The summed E-state index contributed by atoms with van der Waals surface area (Å²) in [5.74, 6) is -0.241. The second kappa shape index (κ2) is 6.79. The minimum Gasteiger partial charge on any atom is -0.469 e. The maximum absolute atomic E-state index is 11.4. The van der Waals surface area contributed by atoms with Gasteiger partial charge in [-0.3, -0.25) is 4.79 Å². The maximum atomic E-state index is 11.4. The van der Waals surface area contributed by atoms with Crippen LogP contribution in [0.1, 0.15) is 20.3 Å². The van der Waals surface area contributed by atoms with Gasteiger partial charge in [0.05, 0.1) is 7.11 Å². The summed E-state index contributed by atoms with van der Waals surface area (Å²) in [5.41, 5.74) is 0. The van der Waals surface area contributed by atoms with Crippen LogP contribution in [0.5, 0.6) is 0 Å². The van der Waals surface area contributed by atoms with Crippen LogP contribution in [0, 0.1) is 11.8 Å². The van der Waals surface area contributed by atoms with Crippen LogP contribution in [0.25, 0.3) is 0 Å². The molecule has 0 bridgehead atoms. The monoisotopic (exact) mass is 204 g/mol. The minimum absolute atomic E-state index is 0.285. The largest absolute Gasteiger partial charge is 0.469 e. The van der Waals surface area contributed by atoms with E-state index in [1.54, 1.807) is 0 Å². The van der Waals surface area contributed by atoms with Gasteiger partial charge in [-0.25, -0.2) is 0 Å². The maximum Gasteiger partial charge on any atom is 0.313 e. The van der Waals surface area contributed by atoms with Gasteiger partial charge in [-0.1, -0.05) is 13.8 Å². The molecule has 0 spiro atoms. The number of carbonyl (C=O) groups excluding carboxylic acids is 1. The molecule has 0 fully saturated rings. The van der Waals surface area contributed by atoms with Crippen molar-refractivity contribution in [2.75, 3.05) is 21.3 Å². The molecule has 0 saturated carbocycles. The van der Waals surface area contributed by atoms with Gasteiger partial charge in [0, 0.05) is 14.2 Å². The Hall–Kier alpha value is -0.610. The molecule has 0 heterocycles. The molecule has 14 heavy (non-hydrogen) atoms. The van der Waals surface area contributed by atoms with Gasteiger partial charge in [0.25, 0.3) is 0 Å². The van der Waals surface area contributed by atoms with E-state index in [1.165, 1.54) is 21.3 Å². The number of hydrogen-bond donors (Lipinski definition) is 0. The Morgan fingerprint density at radius 3 is 1.93 bits per heavy atom. The topological polar surface area (TPSA) is 44.8 Å². The van der Waals surface area contributed by atoms with Crippen molar-refractivity contribution in [3.05, 3.63) is 0 Å². The molecule has 0 aliphatic carbocycles. The van der Waals surface area contributed by atoms with Gasteiger partial charge in [-0.2, -0.15) is 0 Å². The van der Waals surface area contributed by atoms with Crippen molar-refractivity contribution in [1.82, 2.24) is 0 Å². The molecule has 0 rings (SSSR count). The summed E-state index contributed by atoms with van der Waals surface area (Å²) >= 11 is 0. The highest BCUT2D eigenvalue weighted by Crippen LogP contribution is 2.19. The molecule has 0 saturated heterocycles. The second-order valence-electron chi connectivity index (χ2n) is 3.60. The van der Waals surface area contributed by atoms with Gasteiger partial charge < -0.3 is 14.2 Å². The zero-order valence-electron chi connectivity index (χ0n) is 9.57. The second-order valence-corrected chi connectivity index (χ2v) is 3.60. The Balaban J connectivity index is 4.43. The molecule has 0 amide bonds. The lowest BCUT2D eigenvalue weighted by atomic mass is 9.96. The fourth-order valence-corrected chi connectivity index (χ4v) is 1.40. The van der Waals surface area contributed by atoms with E-state index < -0.39 is 6.29 Å². The average Bonchev–Trinajstić information content (AvgIpc) is 2.16. The number of methoxy groups -OCH3 is 3. The molecule has 0 radical (unpaired) electrons. The summed E-state index contributed by atoms with van der Waals surface area (Å²) in [6.45, 7) is 4.08. The zero-order chi connectivity index (χ0) is 11.1. The fourth-order valence-electron chi connectivity index (χ4n) is 1.40. The third-order valence-corrected chi connectivity index (χ3v) is 2.02. The molecule has 0 aromatic rings. The number of rotatable bonds is 6. The average molecular weight is 204 g/mol. The predicted molar refractivity (Wildman–Crippen MR) is 52.8 cm³/mol. The standard InChI is InChI=1S/C10H20O4/c1-7(2)6-8(9(11)12-3)10(13-4)14-5/h7-8,10H,6H2,1-5H3. The number of carbonyl (C=O) groups is 1. The van der Waals surface area contributed by atoms with Crippen LogP contribution in [-0.2, 0) is 19.0 Å². The fraction of sp³-hybridized carbons (Fsp3) is 0.900. The highest BCUT2D eigenvalue weighted by Gasteiger charge is 2.29. The molecular weight excluding hydrogens is 184 g/mol. The smallest absolute Gasteiger partial charge is 0.313 e. The van der Waals surface area contributed by atoms with Gasteiger partial charge in [0.2, 0.25) is 0 Å². The first-order valence-corrected chi connectivity index (χ1v) is 4.70. The Morgan fingerprint density at radius 1 is 1.14 bits per heavy atom. The Labute approximate surface area is 85.5 Å². The SMILES string of the molecule is COC(=O)C(CC(C)C)C(OC)OC. The van der Waals surface area contributed by atoms with E-state index in [1.807, 2.05) is 13.8 Å². The van der Waals surface area contributed by atoms with Gasteiger partial charge >= 0.3 is 5.97 Å². The van der Waals surface area contributed by atoms with E-state index in [4.69, 9.17) is 14.2 Å². The van der Waals surface area contributed by atoms with Gasteiger partial charge in [0.15, 0.2) is 6.29 Å². The third kappa shape index (κ3) is 4.07. The molecular formula is C10H20O4. The van der Waals surface area contributed by atoms with E-state index in [0.29, 0.717) is 12.3 Å². The van der Waals surface area contributed by atoms with Crippen molar-refractivity contribution in [3.63, 3.8) is 0 Å². The lowest BCUT2D eigenvalue weighted by Gasteiger charge is -2.23. The molecule has 0 aromatic carbocycles. The van der Waals surface area contributed by atoms with E-state index in [9.17, 15) is 4.79 Å². The molecule has 4 nitrogen and oxygen atoms in total. The molecule has 0 N–H and O–H groups in total. The Bertz CT molecular complexity index is 164. The summed E-state index contributed by atoms with van der Waals surface area (Å²) in [6.07, 6.45) is 0.170. The van der Waals surface area contributed by atoms with Crippen LogP contribution < -0.4 is 0 Å². The lowest BCUT2D eigenvalue weighted by molar-refractivity contribution is -0.176. The van der Waals surface area contributed by atoms with Crippen LogP contribution in [0.15, 0.2) is 0 Å².